The lowest BCUT2D eigenvalue weighted by Crippen LogP contribution is -2.21. The predicted molar refractivity (Wildman–Crippen MR) is 114 cm³/mol. The molecule has 0 saturated heterocycles. The predicted octanol–water partition coefficient (Wildman–Crippen LogP) is 5.32. The summed E-state index contributed by atoms with van der Waals surface area (Å²) in [5, 5.41) is 8.35. The summed E-state index contributed by atoms with van der Waals surface area (Å²) in [6.45, 7) is 6.02. The highest BCUT2D eigenvalue weighted by atomic mass is 35.5. The molecule has 2 N–H and O–H groups in total. The molecule has 0 bridgehead atoms. The SMILES string of the molecule is CCNCCCNCc1cc(Cl)c(OCc2ccc(Cl)cc2Cl)c(OC)c1. The first kappa shape index (κ1) is 22.1. The van der Waals surface area contributed by atoms with Crippen LogP contribution < -0.4 is 20.1 Å². The Labute approximate surface area is 176 Å². The summed E-state index contributed by atoms with van der Waals surface area (Å²) < 4.78 is 11.3. The van der Waals surface area contributed by atoms with Crippen LogP contribution in [0.2, 0.25) is 15.1 Å². The number of rotatable bonds is 11. The van der Waals surface area contributed by atoms with Gasteiger partial charge in [0, 0.05) is 22.2 Å². The first-order chi connectivity index (χ1) is 13.0. The number of methoxy groups -OCH3 is 1. The Morgan fingerprint density at radius 2 is 1.74 bits per heavy atom. The van der Waals surface area contributed by atoms with Crippen molar-refractivity contribution in [2.45, 2.75) is 26.5 Å². The molecule has 27 heavy (non-hydrogen) atoms. The van der Waals surface area contributed by atoms with Gasteiger partial charge in [0.05, 0.1) is 12.1 Å². The molecule has 0 radical (unpaired) electrons. The van der Waals surface area contributed by atoms with Crippen LogP contribution in [0.4, 0.5) is 0 Å². The summed E-state index contributed by atoms with van der Waals surface area (Å²) in [5.74, 6) is 1.10. The van der Waals surface area contributed by atoms with Crippen molar-refractivity contribution in [3.8, 4) is 11.5 Å². The zero-order valence-electron chi connectivity index (χ0n) is 15.6. The highest BCUT2D eigenvalue weighted by Gasteiger charge is 2.13. The molecule has 0 unspecified atom stereocenters. The van der Waals surface area contributed by atoms with Crippen molar-refractivity contribution in [1.29, 1.82) is 0 Å². The van der Waals surface area contributed by atoms with E-state index < -0.39 is 0 Å². The number of benzene rings is 2. The van der Waals surface area contributed by atoms with Crippen molar-refractivity contribution in [2.24, 2.45) is 0 Å². The molecule has 0 saturated carbocycles. The Bertz CT molecular complexity index is 741. The van der Waals surface area contributed by atoms with E-state index in [0.29, 0.717) is 33.1 Å². The van der Waals surface area contributed by atoms with Crippen molar-refractivity contribution in [2.75, 3.05) is 26.7 Å². The third-order valence-corrected chi connectivity index (χ3v) is 4.83. The smallest absolute Gasteiger partial charge is 0.180 e. The fraction of sp³-hybridized carbons (Fsp3) is 0.400. The van der Waals surface area contributed by atoms with Crippen molar-refractivity contribution in [3.05, 3.63) is 56.5 Å². The molecule has 0 aliphatic rings. The molecule has 0 heterocycles. The standard InChI is InChI=1S/C20H25Cl3N2O2/c1-3-24-7-4-8-25-12-14-9-18(23)20(19(10-14)26-2)27-13-15-5-6-16(21)11-17(15)22/h5-6,9-11,24-25H,3-4,7-8,12-13H2,1-2H3. The van der Waals surface area contributed by atoms with Gasteiger partial charge < -0.3 is 20.1 Å². The molecule has 2 aromatic carbocycles. The van der Waals surface area contributed by atoms with Crippen LogP contribution in [0.25, 0.3) is 0 Å². The molecule has 0 aromatic heterocycles. The van der Waals surface area contributed by atoms with Crippen molar-refractivity contribution in [3.63, 3.8) is 0 Å². The van der Waals surface area contributed by atoms with Gasteiger partial charge in [-0.15, -0.1) is 0 Å². The van der Waals surface area contributed by atoms with E-state index in [0.717, 1.165) is 37.2 Å². The molecule has 148 valence electrons. The molecule has 0 fully saturated rings. The number of ether oxygens (including phenoxy) is 2. The van der Waals surface area contributed by atoms with Gasteiger partial charge in [-0.3, -0.25) is 0 Å². The summed E-state index contributed by atoms with van der Waals surface area (Å²) >= 11 is 18.6. The van der Waals surface area contributed by atoms with Crippen LogP contribution in [-0.2, 0) is 13.2 Å². The molecule has 2 rings (SSSR count). The second-order valence-corrected chi connectivity index (χ2v) is 7.27. The minimum atomic E-state index is 0.272. The van der Waals surface area contributed by atoms with E-state index in [4.69, 9.17) is 44.3 Å². The Morgan fingerprint density at radius 1 is 0.963 bits per heavy atom. The lowest BCUT2D eigenvalue weighted by molar-refractivity contribution is 0.284. The zero-order chi connectivity index (χ0) is 19.6. The zero-order valence-corrected chi connectivity index (χ0v) is 17.8. The van der Waals surface area contributed by atoms with Gasteiger partial charge >= 0.3 is 0 Å². The maximum Gasteiger partial charge on any atom is 0.180 e. The molecule has 2 aromatic rings. The third kappa shape index (κ3) is 7.05. The number of hydrogen-bond donors (Lipinski definition) is 2. The summed E-state index contributed by atoms with van der Waals surface area (Å²) in [7, 11) is 1.60. The van der Waals surface area contributed by atoms with E-state index in [9.17, 15) is 0 Å². The fourth-order valence-electron chi connectivity index (χ4n) is 2.55. The monoisotopic (exact) mass is 430 g/mol. The largest absolute Gasteiger partial charge is 0.493 e. The van der Waals surface area contributed by atoms with E-state index in [2.05, 4.69) is 17.6 Å². The molecular weight excluding hydrogens is 407 g/mol. The van der Waals surface area contributed by atoms with Gasteiger partial charge in [-0.05, 0) is 55.9 Å². The number of nitrogens with one attached hydrogen (secondary N) is 2. The molecule has 0 spiro atoms. The molecule has 0 aliphatic heterocycles. The van der Waals surface area contributed by atoms with Crippen LogP contribution >= 0.6 is 34.8 Å². The topological polar surface area (TPSA) is 42.5 Å². The van der Waals surface area contributed by atoms with Crippen LogP contribution in [0.5, 0.6) is 11.5 Å². The van der Waals surface area contributed by atoms with E-state index in [1.54, 1.807) is 19.2 Å². The summed E-state index contributed by atoms with van der Waals surface area (Å²) in [6, 6.07) is 9.11. The van der Waals surface area contributed by atoms with E-state index in [-0.39, 0.29) is 6.61 Å². The van der Waals surface area contributed by atoms with Gasteiger partial charge in [0.15, 0.2) is 11.5 Å². The normalized spacial score (nSPS) is 10.9. The van der Waals surface area contributed by atoms with Crippen LogP contribution in [-0.4, -0.2) is 26.7 Å². The third-order valence-electron chi connectivity index (χ3n) is 3.96. The number of halogens is 3. The summed E-state index contributed by atoms with van der Waals surface area (Å²) in [5.41, 5.74) is 1.86. The van der Waals surface area contributed by atoms with Crippen LogP contribution in [0, 0.1) is 0 Å². The van der Waals surface area contributed by atoms with Gasteiger partial charge in [0.1, 0.15) is 6.61 Å². The first-order valence-electron chi connectivity index (χ1n) is 8.89. The van der Waals surface area contributed by atoms with E-state index >= 15 is 0 Å². The molecular formula is C20H25Cl3N2O2. The molecule has 0 atom stereocenters. The van der Waals surface area contributed by atoms with Gasteiger partial charge in [0.25, 0.3) is 0 Å². The molecule has 0 aliphatic carbocycles. The van der Waals surface area contributed by atoms with Gasteiger partial charge in [-0.25, -0.2) is 0 Å². The Hall–Kier alpha value is -1.17. The molecule has 4 nitrogen and oxygen atoms in total. The van der Waals surface area contributed by atoms with Gasteiger partial charge in [0.2, 0.25) is 0 Å². The first-order valence-corrected chi connectivity index (χ1v) is 10.0. The maximum absolute atomic E-state index is 6.43. The lowest BCUT2D eigenvalue weighted by atomic mass is 10.2. The van der Waals surface area contributed by atoms with Gasteiger partial charge in [-0.2, -0.15) is 0 Å². The van der Waals surface area contributed by atoms with E-state index in [1.165, 1.54) is 0 Å². The second-order valence-electron chi connectivity index (χ2n) is 6.02. The van der Waals surface area contributed by atoms with E-state index in [1.807, 2.05) is 18.2 Å². The van der Waals surface area contributed by atoms with Gasteiger partial charge in [-0.1, -0.05) is 47.8 Å². The number of hydrogen-bond acceptors (Lipinski definition) is 4. The highest BCUT2D eigenvalue weighted by Crippen LogP contribution is 2.37. The maximum atomic E-state index is 6.43. The molecule has 0 amide bonds. The highest BCUT2D eigenvalue weighted by molar-refractivity contribution is 6.35. The van der Waals surface area contributed by atoms with Crippen LogP contribution in [0.3, 0.4) is 0 Å². The minimum Gasteiger partial charge on any atom is -0.493 e. The second kappa shape index (κ2) is 11.6. The quantitative estimate of drug-likeness (QED) is 0.472. The Kier molecular flexibility index (Phi) is 9.52. The Morgan fingerprint density at radius 3 is 2.44 bits per heavy atom. The van der Waals surface area contributed by atoms with Crippen molar-refractivity contribution >= 4 is 34.8 Å². The fourth-order valence-corrected chi connectivity index (χ4v) is 3.30. The average molecular weight is 432 g/mol. The summed E-state index contributed by atoms with van der Waals surface area (Å²) in [6.07, 6.45) is 1.07. The summed E-state index contributed by atoms with van der Waals surface area (Å²) in [4.78, 5) is 0. The van der Waals surface area contributed by atoms with Crippen LogP contribution in [0.15, 0.2) is 30.3 Å². The minimum absolute atomic E-state index is 0.272. The lowest BCUT2D eigenvalue weighted by Gasteiger charge is -2.15. The average Bonchev–Trinajstić information content (AvgIpc) is 2.64. The Balaban J connectivity index is 1.98. The molecule has 7 heteroatoms. The van der Waals surface area contributed by atoms with Crippen molar-refractivity contribution in [1.82, 2.24) is 10.6 Å². The van der Waals surface area contributed by atoms with Crippen LogP contribution in [0.1, 0.15) is 24.5 Å². The van der Waals surface area contributed by atoms with Crippen molar-refractivity contribution < 1.29 is 9.47 Å².